The number of amides is 1. The summed E-state index contributed by atoms with van der Waals surface area (Å²) in [6.07, 6.45) is 2.01. The molecule has 1 aliphatic heterocycles. The highest BCUT2D eigenvalue weighted by molar-refractivity contribution is 7.21. The van der Waals surface area contributed by atoms with E-state index in [0.29, 0.717) is 54.5 Å². The van der Waals surface area contributed by atoms with Crippen LogP contribution in [0, 0.1) is 0 Å². The number of nitrogens with one attached hydrogen (secondary N) is 1. The maximum Gasteiger partial charge on any atom is 0.410 e. The second-order valence-electron chi connectivity index (χ2n) is 8.87. The van der Waals surface area contributed by atoms with Crippen LogP contribution in [-0.4, -0.2) is 64.8 Å². The third kappa shape index (κ3) is 4.80. The van der Waals surface area contributed by atoms with E-state index in [-0.39, 0.29) is 11.5 Å². The SMILES string of the molecule is CCc1[nH]c2nc(-c3ccnc(OC)c3)sc2c(=O)c1N1CCN(C(=O)OC(C)(C)C)CC1. The molecule has 4 rings (SSSR count). The van der Waals surface area contributed by atoms with E-state index in [9.17, 15) is 9.59 Å². The summed E-state index contributed by atoms with van der Waals surface area (Å²) in [5.41, 5.74) is 2.38. The van der Waals surface area contributed by atoms with Gasteiger partial charge in [0.2, 0.25) is 11.3 Å². The van der Waals surface area contributed by atoms with Gasteiger partial charge in [-0.05, 0) is 33.3 Å². The molecule has 3 aromatic heterocycles. The van der Waals surface area contributed by atoms with Crippen LogP contribution in [-0.2, 0) is 11.2 Å². The number of aromatic amines is 1. The topological polar surface area (TPSA) is 101 Å². The highest BCUT2D eigenvalue weighted by atomic mass is 32.1. The molecule has 0 unspecified atom stereocenters. The Morgan fingerprint density at radius 2 is 1.97 bits per heavy atom. The number of anilines is 1. The van der Waals surface area contributed by atoms with Crippen LogP contribution in [0.3, 0.4) is 0 Å². The van der Waals surface area contributed by atoms with Crippen molar-refractivity contribution in [3.8, 4) is 16.5 Å². The van der Waals surface area contributed by atoms with Crippen LogP contribution in [0.2, 0.25) is 0 Å². The van der Waals surface area contributed by atoms with Crippen LogP contribution in [0.25, 0.3) is 20.9 Å². The summed E-state index contributed by atoms with van der Waals surface area (Å²) in [6.45, 7) is 9.71. The lowest BCUT2D eigenvalue weighted by atomic mass is 10.2. The normalized spacial score (nSPS) is 14.6. The molecule has 1 aliphatic rings. The second-order valence-corrected chi connectivity index (χ2v) is 9.87. The fourth-order valence-electron chi connectivity index (χ4n) is 3.81. The molecule has 0 atom stereocenters. The van der Waals surface area contributed by atoms with Crippen LogP contribution < -0.4 is 15.1 Å². The molecule has 176 valence electrons. The van der Waals surface area contributed by atoms with Gasteiger partial charge in [-0.1, -0.05) is 6.92 Å². The largest absolute Gasteiger partial charge is 0.481 e. The van der Waals surface area contributed by atoms with E-state index in [1.165, 1.54) is 11.3 Å². The van der Waals surface area contributed by atoms with Crippen molar-refractivity contribution in [2.75, 3.05) is 38.2 Å². The number of H-pyrrole nitrogens is 1. The molecular weight excluding hydrogens is 442 g/mol. The van der Waals surface area contributed by atoms with Crippen molar-refractivity contribution >= 4 is 33.5 Å². The number of hydrogen-bond donors (Lipinski definition) is 1. The second kappa shape index (κ2) is 9.01. The van der Waals surface area contributed by atoms with Gasteiger partial charge >= 0.3 is 6.09 Å². The molecule has 1 fully saturated rings. The number of nitrogens with zero attached hydrogens (tertiary/aromatic N) is 4. The minimum Gasteiger partial charge on any atom is -0.481 e. The number of piperazine rings is 1. The summed E-state index contributed by atoms with van der Waals surface area (Å²) in [6, 6.07) is 3.65. The Morgan fingerprint density at radius 3 is 2.61 bits per heavy atom. The van der Waals surface area contributed by atoms with Crippen LogP contribution in [0.15, 0.2) is 23.1 Å². The van der Waals surface area contributed by atoms with Gasteiger partial charge in [-0.3, -0.25) is 4.79 Å². The molecule has 1 amide bonds. The summed E-state index contributed by atoms with van der Waals surface area (Å²) in [7, 11) is 1.57. The number of carbonyl (C=O) groups excluding carboxylic acids is 1. The zero-order valence-corrected chi connectivity index (χ0v) is 20.4. The highest BCUT2D eigenvalue weighted by Crippen LogP contribution is 2.31. The number of carbonyl (C=O) groups is 1. The summed E-state index contributed by atoms with van der Waals surface area (Å²) in [5.74, 6) is 0.496. The van der Waals surface area contributed by atoms with Crippen molar-refractivity contribution in [3.63, 3.8) is 0 Å². The molecule has 0 bridgehead atoms. The van der Waals surface area contributed by atoms with E-state index in [1.807, 2.05) is 33.8 Å². The van der Waals surface area contributed by atoms with Crippen molar-refractivity contribution < 1.29 is 14.3 Å². The lowest BCUT2D eigenvalue weighted by molar-refractivity contribution is 0.0240. The predicted molar refractivity (Wildman–Crippen MR) is 129 cm³/mol. The lowest BCUT2D eigenvalue weighted by Crippen LogP contribution is -2.51. The fraction of sp³-hybridized carbons (Fsp3) is 0.478. The Hall–Kier alpha value is -3.14. The number of aromatic nitrogens is 3. The molecule has 10 heteroatoms. The highest BCUT2D eigenvalue weighted by Gasteiger charge is 2.28. The Kier molecular flexibility index (Phi) is 6.29. The molecule has 0 aliphatic carbocycles. The van der Waals surface area contributed by atoms with Gasteiger partial charge in [-0.15, -0.1) is 11.3 Å². The van der Waals surface area contributed by atoms with Crippen molar-refractivity contribution in [1.82, 2.24) is 19.9 Å². The molecule has 0 aromatic carbocycles. The lowest BCUT2D eigenvalue weighted by Gasteiger charge is -2.37. The molecule has 0 spiro atoms. The first-order valence-electron chi connectivity index (χ1n) is 11.0. The maximum absolute atomic E-state index is 13.5. The third-order valence-corrected chi connectivity index (χ3v) is 6.50. The molecule has 9 nitrogen and oxygen atoms in total. The zero-order valence-electron chi connectivity index (χ0n) is 19.6. The molecule has 1 N–H and O–H groups in total. The van der Waals surface area contributed by atoms with E-state index in [4.69, 9.17) is 9.47 Å². The standard InChI is InChI=1S/C23H29N5O4S/c1-6-15-17(27-9-11-28(12-10-27)22(30)32-23(2,3)4)18(29)19-20(25-15)26-21(33-19)14-7-8-24-16(13-14)31-5/h7-8,13H,6,9-12H2,1-5H3,(H,25,29). The van der Waals surface area contributed by atoms with E-state index in [0.717, 1.165) is 16.3 Å². The van der Waals surface area contributed by atoms with Crippen molar-refractivity contribution in [3.05, 3.63) is 34.2 Å². The van der Waals surface area contributed by atoms with Crippen LogP contribution in [0.5, 0.6) is 5.88 Å². The molecular formula is C23H29N5O4S. The molecule has 1 saturated heterocycles. The van der Waals surface area contributed by atoms with E-state index in [1.54, 1.807) is 24.3 Å². The molecule has 4 heterocycles. The van der Waals surface area contributed by atoms with Gasteiger partial charge in [0.05, 0.1) is 7.11 Å². The number of hydrogen-bond acceptors (Lipinski definition) is 8. The van der Waals surface area contributed by atoms with E-state index >= 15 is 0 Å². The smallest absolute Gasteiger partial charge is 0.410 e. The molecule has 0 saturated carbocycles. The number of methoxy groups -OCH3 is 1. The van der Waals surface area contributed by atoms with Gasteiger partial charge in [-0.2, -0.15) is 0 Å². The van der Waals surface area contributed by atoms with Crippen LogP contribution in [0.1, 0.15) is 33.4 Å². The van der Waals surface area contributed by atoms with Crippen molar-refractivity contribution in [2.45, 2.75) is 39.7 Å². The molecule has 33 heavy (non-hydrogen) atoms. The molecule has 3 aromatic rings. The Labute approximate surface area is 196 Å². The number of rotatable bonds is 4. The summed E-state index contributed by atoms with van der Waals surface area (Å²) in [4.78, 5) is 41.9. The monoisotopic (exact) mass is 471 g/mol. The average Bonchev–Trinajstić information content (AvgIpc) is 3.22. The third-order valence-electron chi connectivity index (χ3n) is 5.40. The van der Waals surface area contributed by atoms with Crippen LogP contribution >= 0.6 is 11.3 Å². The number of aryl methyl sites for hydroxylation is 1. The average molecular weight is 472 g/mol. The summed E-state index contributed by atoms with van der Waals surface area (Å²) < 4.78 is 11.3. The number of thiazole rings is 1. The first-order valence-corrected chi connectivity index (χ1v) is 11.8. The van der Waals surface area contributed by atoms with E-state index in [2.05, 4.69) is 19.9 Å². The minimum absolute atomic E-state index is 0.0314. The molecule has 0 radical (unpaired) electrons. The maximum atomic E-state index is 13.5. The number of fused-ring (bicyclic) bond motifs is 1. The Morgan fingerprint density at radius 1 is 1.24 bits per heavy atom. The Bertz CT molecular complexity index is 1220. The van der Waals surface area contributed by atoms with Gasteiger partial charge in [0.1, 0.15) is 21.0 Å². The van der Waals surface area contributed by atoms with Gasteiger partial charge in [0.25, 0.3) is 0 Å². The Balaban J connectivity index is 1.62. The van der Waals surface area contributed by atoms with Gasteiger partial charge in [-0.25, -0.2) is 14.8 Å². The van der Waals surface area contributed by atoms with Gasteiger partial charge in [0, 0.05) is 49.7 Å². The predicted octanol–water partition coefficient (Wildman–Crippen LogP) is 3.67. The summed E-state index contributed by atoms with van der Waals surface area (Å²) in [5, 5.41) is 0.730. The first kappa shape index (κ1) is 23.0. The fourth-order valence-corrected chi connectivity index (χ4v) is 4.77. The zero-order chi connectivity index (χ0) is 23.8. The minimum atomic E-state index is -0.533. The number of pyridine rings is 2. The quantitative estimate of drug-likeness (QED) is 0.619. The van der Waals surface area contributed by atoms with Crippen LogP contribution in [0.4, 0.5) is 10.5 Å². The van der Waals surface area contributed by atoms with E-state index < -0.39 is 5.60 Å². The first-order chi connectivity index (χ1) is 15.7. The number of ether oxygens (including phenoxy) is 2. The summed E-state index contributed by atoms with van der Waals surface area (Å²) >= 11 is 1.36. The van der Waals surface area contributed by atoms with Crippen molar-refractivity contribution in [2.24, 2.45) is 0 Å². The van der Waals surface area contributed by atoms with Crippen molar-refractivity contribution in [1.29, 1.82) is 0 Å². The van der Waals surface area contributed by atoms with Gasteiger partial charge < -0.3 is 24.3 Å². The van der Waals surface area contributed by atoms with Gasteiger partial charge in [0.15, 0.2) is 5.65 Å².